The van der Waals surface area contributed by atoms with E-state index in [-0.39, 0.29) is 0 Å². The first-order valence-corrected chi connectivity index (χ1v) is 4.05. The summed E-state index contributed by atoms with van der Waals surface area (Å²) < 4.78 is 0.832. The van der Waals surface area contributed by atoms with Crippen molar-refractivity contribution < 1.29 is 0 Å². The maximum atomic E-state index is 5.54. The number of hydrogen-bond donors (Lipinski definition) is 1. The fraction of sp³-hybridized carbons (Fsp3) is 0.200. The minimum atomic E-state index is 0.661. The highest BCUT2D eigenvalue weighted by molar-refractivity contribution is 9.11. The number of aromatic nitrogens is 1. The third-order valence-corrected chi connectivity index (χ3v) is 2.32. The minimum Gasteiger partial charge on any atom is -0.389 e. The highest BCUT2D eigenvalue weighted by Gasteiger charge is 2.02. The van der Waals surface area contributed by atoms with Crippen LogP contribution in [0.25, 0.3) is 0 Å². The Balaban J connectivity index is 3.01. The van der Waals surface area contributed by atoms with Crippen LogP contribution in [0.1, 0.15) is 5.69 Å². The molecule has 0 aliphatic carbocycles. The molecule has 1 heterocycles. The Morgan fingerprint density at radius 3 is 2.67 bits per heavy atom. The van der Waals surface area contributed by atoms with Gasteiger partial charge in [-0.3, -0.25) is 0 Å². The number of nitrogens with two attached hydrogens (primary N) is 1. The molecule has 1 aromatic rings. The third kappa shape index (κ3) is 1.43. The van der Waals surface area contributed by atoms with Gasteiger partial charge in [0, 0.05) is 0 Å². The monoisotopic (exact) mass is 205 g/mol. The van der Waals surface area contributed by atoms with Gasteiger partial charge in [0.2, 0.25) is 0 Å². The lowest BCUT2D eigenvalue weighted by atomic mass is 10.4. The zero-order chi connectivity index (χ0) is 6.85. The molecule has 0 fully saturated rings. The Kier molecular flexibility index (Phi) is 2.08. The van der Waals surface area contributed by atoms with Crippen molar-refractivity contribution in [2.24, 2.45) is 0 Å². The molecule has 9 heavy (non-hydrogen) atoms. The number of halogens is 1. The fourth-order valence-corrected chi connectivity index (χ4v) is 1.85. The van der Waals surface area contributed by atoms with Gasteiger partial charge in [0.25, 0.3) is 0 Å². The lowest BCUT2D eigenvalue weighted by molar-refractivity contribution is 1.14. The van der Waals surface area contributed by atoms with Crippen molar-refractivity contribution in [3.63, 3.8) is 0 Å². The molecule has 0 saturated carbocycles. The molecule has 0 spiro atoms. The lowest BCUT2D eigenvalue weighted by Crippen LogP contribution is -1.87. The third-order valence-electron chi connectivity index (χ3n) is 0.938. The van der Waals surface area contributed by atoms with Gasteiger partial charge in [0.15, 0.2) is 3.92 Å². The second-order valence-electron chi connectivity index (χ2n) is 1.53. The maximum absolute atomic E-state index is 5.54. The molecular formula is C5H6BrN2S. The molecule has 2 nitrogen and oxygen atoms in total. The van der Waals surface area contributed by atoms with Gasteiger partial charge in [0.1, 0.15) is 5.00 Å². The van der Waals surface area contributed by atoms with Crippen molar-refractivity contribution in [1.29, 1.82) is 0 Å². The Morgan fingerprint density at radius 2 is 2.44 bits per heavy atom. The summed E-state index contributed by atoms with van der Waals surface area (Å²) in [4.78, 5) is 4.08. The van der Waals surface area contributed by atoms with Crippen LogP contribution < -0.4 is 5.73 Å². The minimum absolute atomic E-state index is 0.661. The van der Waals surface area contributed by atoms with E-state index >= 15 is 0 Å². The van der Waals surface area contributed by atoms with Crippen molar-refractivity contribution in [1.82, 2.24) is 4.98 Å². The number of rotatable bonds is 1. The molecule has 0 amide bonds. The van der Waals surface area contributed by atoms with Crippen LogP contribution in [0.5, 0.6) is 0 Å². The van der Waals surface area contributed by atoms with Crippen LogP contribution in [0.4, 0.5) is 5.00 Å². The molecule has 0 aromatic carbocycles. The number of nitrogen functional groups attached to an aromatic ring is 1. The summed E-state index contributed by atoms with van der Waals surface area (Å²) in [6, 6.07) is 0. The SMILES string of the molecule is [CH2]Cc1nc(Br)sc1N. The van der Waals surface area contributed by atoms with Gasteiger partial charge < -0.3 is 5.73 Å². The summed E-state index contributed by atoms with van der Waals surface area (Å²) >= 11 is 4.66. The molecule has 1 aromatic heterocycles. The summed E-state index contributed by atoms with van der Waals surface area (Å²) in [6.07, 6.45) is 0.661. The Hall–Kier alpha value is -0.0900. The maximum Gasteiger partial charge on any atom is 0.161 e. The molecule has 1 radical (unpaired) electrons. The fourth-order valence-electron chi connectivity index (χ4n) is 0.513. The van der Waals surface area contributed by atoms with Crippen LogP contribution in [-0.2, 0) is 6.42 Å². The molecule has 0 aliphatic heterocycles. The number of anilines is 1. The lowest BCUT2D eigenvalue weighted by Gasteiger charge is -1.85. The van der Waals surface area contributed by atoms with Crippen molar-refractivity contribution >= 4 is 32.3 Å². The Bertz CT molecular complexity index is 209. The molecule has 4 heteroatoms. The summed E-state index contributed by atoms with van der Waals surface area (Å²) in [5.41, 5.74) is 6.42. The van der Waals surface area contributed by atoms with Crippen LogP contribution in [0.2, 0.25) is 0 Å². The molecule has 49 valence electrons. The first-order chi connectivity index (χ1) is 4.24. The van der Waals surface area contributed by atoms with E-state index in [1.54, 1.807) is 0 Å². The predicted octanol–water partition coefficient (Wildman–Crippen LogP) is 1.86. The van der Waals surface area contributed by atoms with Crippen LogP contribution in [-0.4, -0.2) is 4.98 Å². The van der Waals surface area contributed by atoms with Crippen molar-refractivity contribution in [3.05, 3.63) is 16.5 Å². The standard InChI is InChI=1S/C5H6BrN2S/c1-2-3-4(7)9-5(6)8-3/h1-2,7H2. The van der Waals surface area contributed by atoms with Crippen LogP contribution in [0.15, 0.2) is 3.92 Å². The average Bonchev–Trinajstić information content (AvgIpc) is 2.10. The van der Waals surface area contributed by atoms with Gasteiger partial charge in [0.05, 0.1) is 5.69 Å². The van der Waals surface area contributed by atoms with Crippen LogP contribution in [0.3, 0.4) is 0 Å². The topological polar surface area (TPSA) is 38.9 Å². The van der Waals surface area contributed by atoms with Crippen molar-refractivity contribution in [2.75, 3.05) is 5.73 Å². The Labute approximate surface area is 66.2 Å². The number of nitrogens with zero attached hydrogens (tertiary/aromatic N) is 1. The normalized spacial score (nSPS) is 10.0. The van der Waals surface area contributed by atoms with E-state index in [1.165, 1.54) is 11.3 Å². The van der Waals surface area contributed by atoms with Gasteiger partial charge in [-0.2, -0.15) is 0 Å². The number of thiazole rings is 1. The van der Waals surface area contributed by atoms with Crippen LogP contribution in [0, 0.1) is 6.92 Å². The van der Waals surface area contributed by atoms with Crippen molar-refractivity contribution in [3.8, 4) is 0 Å². The van der Waals surface area contributed by atoms with Gasteiger partial charge in [-0.25, -0.2) is 4.98 Å². The molecular weight excluding hydrogens is 200 g/mol. The van der Waals surface area contributed by atoms with Gasteiger partial charge in [-0.05, 0) is 29.3 Å². The molecule has 0 saturated heterocycles. The number of hydrogen-bond acceptors (Lipinski definition) is 3. The van der Waals surface area contributed by atoms with E-state index in [0.717, 1.165) is 14.6 Å². The van der Waals surface area contributed by atoms with E-state index in [2.05, 4.69) is 27.8 Å². The van der Waals surface area contributed by atoms with Crippen molar-refractivity contribution in [2.45, 2.75) is 6.42 Å². The average molecular weight is 206 g/mol. The molecule has 0 unspecified atom stereocenters. The van der Waals surface area contributed by atoms with Gasteiger partial charge in [-0.1, -0.05) is 11.3 Å². The van der Waals surface area contributed by atoms with E-state index in [9.17, 15) is 0 Å². The molecule has 2 N–H and O–H groups in total. The zero-order valence-corrected chi connectivity index (χ0v) is 7.13. The molecule has 0 bridgehead atoms. The first kappa shape index (κ1) is 7.02. The molecule has 0 aliphatic rings. The summed E-state index contributed by atoms with van der Waals surface area (Å²) in [5, 5.41) is 0.761. The highest BCUT2D eigenvalue weighted by atomic mass is 79.9. The second kappa shape index (κ2) is 2.66. The van der Waals surface area contributed by atoms with Crippen LogP contribution >= 0.6 is 27.3 Å². The predicted molar refractivity (Wildman–Crippen MR) is 43.3 cm³/mol. The van der Waals surface area contributed by atoms with E-state index in [1.807, 2.05) is 0 Å². The summed E-state index contributed by atoms with van der Waals surface area (Å²) in [5.74, 6) is 0. The smallest absolute Gasteiger partial charge is 0.161 e. The Morgan fingerprint density at radius 1 is 1.78 bits per heavy atom. The molecule has 1 rings (SSSR count). The zero-order valence-electron chi connectivity index (χ0n) is 4.72. The van der Waals surface area contributed by atoms with Gasteiger partial charge >= 0.3 is 0 Å². The molecule has 0 atom stereocenters. The largest absolute Gasteiger partial charge is 0.389 e. The summed E-state index contributed by atoms with van der Waals surface area (Å²) in [7, 11) is 0. The van der Waals surface area contributed by atoms with E-state index in [0.29, 0.717) is 6.42 Å². The van der Waals surface area contributed by atoms with E-state index in [4.69, 9.17) is 5.73 Å². The quantitative estimate of drug-likeness (QED) is 0.761. The second-order valence-corrected chi connectivity index (χ2v) is 3.83. The van der Waals surface area contributed by atoms with E-state index < -0.39 is 0 Å². The highest BCUT2D eigenvalue weighted by Crippen LogP contribution is 2.25. The first-order valence-electron chi connectivity index (χ1n) is 2.44. The van der Waals surface area contributed by atoms with Gasteiger partial charge in [-0.15, -0.1) is 0 Å². The summed E-state index contributed by atoms with van der Waals surface area (Å²) in [6.45, 7) is 3.67.